The van der Waals surface area contributed by atoms with Crippen molar-refractivity contribution in [1.82, 2.24) is 4.57 Å². The Morgan fingerprint density at radius 3 is 2.27 bits per heavy atom. The van der Waals surface area contributed by atoms with Gasteiger partial charge in [-0.3, -0.25) is 19.4 Å². The molecule has 1 aliphatic heterocycles. The third-order valence-corrected chi connectivity index (χ3v) is 7.02. The Labute approximate surface area is 235 Å². The number of benzene rings is 1. The van der Waals surface area contributed by atoms with E-state index in [0.29, 0.717) is 24.5 Å². The summed E-state index contributed by atoms with van der Waals surface area (Å²) in [6.07, 6.45) is 1.53. The largest absolute Gasteiger partial charge is 0.493 e. The van der Waals surface area contributed by atoms with E-state index in [0.717, 1.165) is 35.2 Å². The minimum atomic E-state index is -2.74. The van der Waals surface area contributed by atoms with Crippen LogP contribution in [0, 0.1) is 0 Å². The van der Waals surface area contributed by atoms with E-state index in [1.54, 1.807) is 24.8 Å². The normalized spacial score (nSPS) is 19.4. The number of aryl methyl sites for hydroxylation is 1. The van der Waals surface area contributed by atoms with E-state index < -0.39 is 36.4 Å². The number of methoxy groups -OCH3 is 1. The summed E-state index contributed by atoms with van der Waals surface area (Å²) in [4.78, 5) is 47.4. The number of carbonyl (C=O) groups is 3. The molecule has 3 atom stereocenters. The van der Waals surface area contributed by atoms with Crippen LogP contribution < -0.4 is 15.0 Å². The molecule has 41 heavy (non-hydrogen) atoms. The molecule has 1 aromatic heterocycles. The van der Waals surface area contributed by atoms with Gasteiger partial charge in [-0.2, -0.15) is 0 Å². The minimum Gasteiger partial charge on any atom is -0.493 e. The number of aromatic nitrogens is 1. The number of hydrogen-bond donors (Lipinski definition) is 5. The number of carboxylic acids is 3. The van der Waals surface area contributed by atoms with Gasteiger partial charge in [-0.05, 0) is 49.9 Å². The van der Waals surface area contributed by atoms with Crippen molar-refractivity contribution in [2.24, 2.45) is 12.0 Å². The molecule has 0 radical (unpaired) electrons. The molecule has 2 heterocycles. The SMILES string of the molecule is CCOc1cc2c(cc1OC)C(c1ccc(=O)n(C)c1)=N[C@@H]1CC[C@@H](O)C[C@H]21.O=C(O)CC(O)(CC(=O)O)C(=O)O. The maximum Gasteiger partial charge on any atom is 0.336 e. The molecule has 1 saturated carbocycles. The van der Waals surface area contributed by atoms with Gasteiger partial charge in [0.1, 0.15) is 0 Å². The van der Waals surface area contributed by atoms with Crippen LogP contribution in [0.4, 0.5) is 0 Å². The summed E-state index contributed by atoms with van der Waals surface area (Å²) >= 11 is 0. The zero-order valence-corrected chi connectivity index (χ0v) is 22.9. The van der Waals surface area contributed by atoms with Crippen molar-refractivity contribution < 1.29 is 49.4 Å². The Kier molecular flexibility index (Phi) is 9.89. The van der Waals surface area contributed by atoms with Gasteiger partial charge < -0.3 is 39.6 Å². The third kappa shape index (κ3) is 7.30. The van der Waals surface area contributed by atoms with Gasteiger partial charge in [-0.15, -0.1) is 0 Å². The molecular weight excluding hydrogens is 540 g/mol. The predicted octanol–water partition coefficient (Wildman–Crippen LogP) is 1.39. The summed E-state index contributed by atoms with van der Waals surface area (Å²) in [5, 5.41) is 44.1. The average molecular weight is 575 g/mol. The summed E-state index contributed by atoms with van der Waals surface area (Å²) in [7, 11) is 3.37. The summed E-state index contributed by atoms with van der Waals surface area (Å²) in [6, 6.07) is 7.53. The predicted molar refractivity (Wildman–Crippen MR) is 145 cm³/mol. The molecule has 0 saturated heterocycles. The molecule has 0 amide bonds. The molecule has 2 aliphatic rings. The number of aliphatic hydroxyl groups is 2. The van der Waals surface area contributed by atoms with Crippen LogP contribution in [0.25, 0.3) is 0 Å². The van der Waals surface area contributed by atoms with E-state index in [1.165, 1.54) is 0 Å². The van der Waals surface area contributed by atoms with Crippen molar-refractivity contribution in [3.05, 3.63) is 57.5 Å². The van der Waals surface area contributed by atoms with Crippen molar-refractivity contribution in [3.63, 3.8) is 0 Å². The van der Waals surface area contributed by atoms with Crippen LogP contribution in [0.15, 0.2) is 40.2 Å². The molecule has 1 aliphatic carbocycles. The zero-order valence-electron chi connectivity index (χ0n) is 22.9. The van der Waals surface area contributed by atoms with Crippen LogP contribution in [-0.4, -0.2) is 85.2 Å². The zero-order chi connectivity index (χ0) is 30.5. The summed E-state index contributed by atoms with van der Waals surface area (Å²) < 4.78 is 12.9. The van der Waals surface area contributed by atoms with Crippen LogP contribution in [0.2, 0.25) is 0 Å². The Bertz CT molecular complexity index is 1380. The van der Waals surface area contributed by atoms with Crippen molar-refractivity contribution in [3.8, 4) is 11.5 Å². The van der Waals surface area contributed by atoms with Gasteiger partial charge in [-0.1, -0.05) is 0 Å². The van der Waals surface area contributed by atoms with E-state index in [2.05, 4.69) is 0 Å². The average Bonchev–Trinajstić information content (AvgIpc) is 2.89. The van der Waals surface area contributed by atoms with Crippen LogP contribution in [0.3, 0.4) is 0 Å². The first-order valence-electron chi connectivity index (χ1n) is 13.0. The molecule has 1 aromatic carbocycles. The first kappa shape index (κ1) is 31.3. The molecule has 1 fully saturated rings. The van der Waals surface area contributed by atoms with Gasteiger partial charge in [0, 0.05) is 36.4 Å². The maximum absolute atomic E-state index is 11.8. The first-order valence-corrected chi connectivity index (χ1v) is 13.0. The fourth-order valence-electron chi connectivity index (χ4n) is 5.05. The molecule has 0 bridgehead atoms. The number of aliphatic carboxylic acids is 3. The number of nitrogens with zero attached hydrogens (tertiary/aromatic N) is 2. The van der Waals surface area contributed by atoms with Crippen molar-refractivity contribution >= 4 is 23.6 Å². The molecular formula is C28H34N2O11. The Morgan fingerprint density at radius 1 is 1.07 bits per heavy atom. The molecule has 13 nitrogen and oxygen atoms in total. The van der Waals surface area contributed by atoms with Gasteiger partial charge in [0.2, 0.25) is 5.56 Å². The van der Waals surface area contributed by atoms with Gasteiger partial charge in [0.15, 0.2) is 17.1 Å². The van der Waals surface area contributed by atoms with E-state index in [4.69, 9.17) is 34.9 Å². The number of fused-ring (bicyclic) bond motifs is 3. The second kappa shape index (κ2) is 13.0. The molecule has 4 rings (SSSR count). The lowest BCUT2D eigenvalue weighted by atomic mass is 9.74. The monoisotopic (exact) mass is 574 g/mol. The lowest BCUT2D eigenvalue weighted by Crippen LogP contribution is -2.42. The van der Waals surface area contributed by atoms with Crippen LogP contribution >= 0.6 is 0 Å². The first-order chi connectivity index (χ1) is 19.3. The summed E-state index contributed by atoms with van der Waals surface area (Å²) in [5.41, 5.74) is 1.09. The van der Waals surface area contributed by atoms with Crippen LogP contribution in [0.5, 0.6) is 11.5 Å². The Morgan fingerprint density at radius 2 is 1.73 bits per heavy atom. The highest BCUT2D eigenvalue weighted by Gasteiger charge is 2.41. The number of carboxylic acid groups (broad SMARTS) is 3. The Balaban J connectivity index is 0.000000302. The second-order valence-electron chi connectivity index (χ2n) is 9.99. The fraction of sp³-hybridized carbons (Fsp3) is 0.464. The third-order valence-electron chi connectivity index (χ3n) is 7.02. The molecule has 0 unspecified atom stereocenters. The fourth-order valence-corrected chi connectivity index (χ4v) is 5.05. The van der Waals surface area contributed by atoms with Crippen molar-refractivity contribution in [2.75, 3.05) is 13.7 Å². The highest BCUT2D eigenvalue weighted by atomic mass is 16.5. The maximum atomic E-state index is 11.8. The number of hydrogen-bond acceptors (Lipinski definition) is 9. The molecule has 222 valence electrons. The van der Waals surface area contributed by atoms with E-state index in [-0.39, 0.29) is 23.6 Å². The van der Waals surface area contributed by atoms with Gasteiger partial charge >= 0.3 is 17.9 Å². The van der Waals surface area contributed by atoms with Crippen LogP contribution in [0.1, 0.15) is 61.6 Å². The molecule has 0 spiro atoms. The van der Waals surface area contributed by atoms with Gasteiger partial charge in [0.25, 0.3) is 0 Å². The topological polar surface area (TPSA) is 205 Å². The number of aliphatic hydroxyl groups excluding tert-OH is 1. The van der Waals surface area contributed by atoms with E-state index >= 15 is 0 Å². The van der Waals surface area contributed by atoms with E-state index in [1.807, 2.05) is 31.3 Å². The smallest absolute Gasteiger partial charge is 0.336 e. The number of aliphatic imine (C=N–C) groups is 1. The second-order valence-corrected chi connectivity index (χ2v) is 9.99. The highest BCUT2D eigenvalue weighted by Crippen LogP contribution is 2.44. The molecule has 13 heteroatoms. The van der Waals surface area contributed by atoms with E-state index in [9.17, 15) is 24.3 Å². The minimum absolute atomic E-state index is 0.0525. The standard InChI is InChI=1S/C22H26N2O4.C6H8O7/c1-4-28-20-10-15-16-9-14(25)6-7-18(16)23-22(17(15)11-19(20)27-3)13-5-8-21(26)24(2)12-13;7-3(8)1-6(13,5(11)12)2-4(9)10/h5,8,10-12,14,16,18,25H,4,6-7,9H2,1-3H3;13H,1-2H2,(H,7,8)(H,9,10)(H,11,12)/t14-,16-,18-;/m1./s1. The lowest BCUT2D eigenvalue weighted by molar-refractivity contribution is -0.170. The number of ether oxygens (including phenoxy) is 2. The van der Waals surface area contributed by atoms with Crippen molar-refractivity contribution in [1.29, 1.82) is 0 Å². The quantitative estimate of drug-likeness (QED) is 0.289. The number of pyridine rings is 1. The molecule has 5 N–H and O–H groups in total. The van der Waals surface area contributed by atoms with Crippen molar-refractivity contribution in [2.45, 2.75) is 62.7 Å². The Hall–Kier alpha value is -4.23. The van der Waals surface area contributed by atoms with Gasteiger partial charge in [-0.25, -0.2) is 4.79 Å². The highest BCUT2D eigenvalue weighted by molar-refractivity contribution is 6.14. The number of rotatable bonds is 9. The lowest BCUT2D eigenvalue weighted by Gasteiger charge is -2.37. The van der Waals surface area contributed by atoms with Gasteiger partial charge in [0.05, 0.1) is 44.4 Å². The summed E-state index contributed by atoms with van der Waals surface area (Å²) in [5.74, 6) is -3.49. The van der Waals surface area contributed by atoms with Crippen LogP contribution in [-0.2, 0) is 21.4 Å². The molecule has 2 aromatic rings. The summed E-state index contributed by atoms with van der Waals surface area (Å²) in [6.45, 7) is 2.50.